The van der Waals surface area contributed by atoms with E-state index < -0.39 is 0 Å². The maximum Gasteiger partial charge on any atom is 0.0546 e. The normalized spacial score (nSPS) is 11.6. The Morgan fingerprint density at radius 2 is 0.625 bits per heavy atom. The van der Waals surface area contributed by atoms with Gasteiger partial charge in [-0.05, 0) is 93.5 Å². The van der Waals surface area contributed by atoms with Gasteiger partial charge in [-0.1, -0.05) is 164 Å². The number of nitrogens with zero attached hydrogens (tertiary/aromatic N) is 2. The average molecular weight is 713 g/mol. The number of rotatable bonds is 6. The molecule has 0 saturated carbocycles. The van der Waals surface area contributed by atoms with Crippen molar-refractivity contribution in [3.63, 3.8) is 0 Å². The van der Waals surface area contributed by atoms with Crippen LogP contribution in [-0.4, -0.2) is 9.13 Å². The van der Waals surface area contributed by atoms with Crippen LogP contribution in [0, 0.1) is 0 Å². The van der Waals surface area contributed by atoms with Crippen molar-refractivity contribution in [2.45, 2.75) is 0 Å². The van der Waals surface area contributed by atoms with Gasteiger partial charge in [0.1, 0.15) is 0 Å². The second-order valence-electron chi connectivity index (χ2n) is 14.5. The van der Waals surface area contributed by atoms with Gasteiger partial charge in [-0.15, -0.1) is 0 Å². The summed E-state index contributed by atoms with van der Waals surface area (Å²) in [6.07, 6.45) is 0. The molecule has 0 saturated heterocycles. The molecular weight excluding hydrogens is 677 g/mol. The molecule has 0 aliphatic rings. The van der Waals surface area contributed by atoms with Crippen LogP contribution in [0.2, 0.25) is 0 Å². The molecule has 2 nitrogen and oxygen atoms in total. The zero-order chi connectivity index (χ0) is 37.0. The third kappa shape index (κ3) is 5.26. The molecule has 2 aromatic heterocycles. The van der Waals surface area contributed by atoms with E-state index in [9.17, 15) is 0 Å². The fourth-order valence-corrected chi connectivity index (χ4v) is 8.66. The fourth-order valence-electron chi connectivity index (χ4n) is 8.66. The summed E-state index contributed by atoms with van der Waals surface area (Å²) in [5.41, 5.74) is 16.8. The summed E-state index contributed by atoms with van der Waals surface area (Å²) in [6, 6.07) is 79.4. The smallest absolute Gasteiger partial charge is 0.0546 e. The van der Waals surface area contributed by atoms with Crippen molar-refractivity contribution in [2.75, 3.05) is 0 Å². The summed E-state index contributed by atoms with van der Waals surface area (Å²) < 4.78 is 4.86. The van der Waals surface area contributed by atoms with E-state index in [1.54, 1.807) is 0 Å². The van der Waals surface area contributed by atoms with Crippen molar-refractivity contribution in [3.8, 4) is 55.9 Å². The standard InChI is InChI=1S/C54H36N2/c1-4-14-37(15-5-1)39-24-29-44(30-25-39)55-50-22-12-10-20-46(50)48-34-41(27-32-52(48)55)42-28-33-53-49(35-42)47-21-11-13-23-51(47)56(53)54-36-43(38-16-6-2-7-17-38)26-31-45(54)40-18-8-3-9-19-40/h1-36H. The maximum absolute atomic E-state index is 2.46. The van der Waals surface area contributed by atoms with Crippen molar-refractivity contribution in [1.82, 2.24) is 9.13 Å². The Morgan fingerprint density at radius 1 is 0.232 bits per heavy atom. The minimum atomic E-state index is 1.16. The van der Waals surface area contributed by atoms with Crippen molar-refractivity contribution in [1.29, 1.82) is 0 Å². The second kappa shape index (κ2) is 13.2. The van der Waals surface area contributed by atoms with Gasteiger partial charge in [0.15, 0.2) is 0 Å². The Labute approximate surface area is 325 Å². The van der Waals surface area contributed by atoms with Crippen molar-refractivity contribution in [3.05, 3.63) is 218 Å². The molecule has 262 valence electrons. The van der Waals surface area contributed by atoms with E-state index in [2.05, 4.69) is 228 Å². The molecule has 0 atom stereocenters. The summed E-state index contributed by atoms with van der Waals surface area (Å²) in [7, 11) is 0. The Balaban J connectivity index is 1.07. The van der Waals surface area contributed by atoms with Crippen molar-refractivity contribution < 1.29 is 0 Å². The van der Waals surface area contributed by atoms with E-state index in [0.29, 0.717) is 0 Å². The topological polar surface area (TPSA) is 9.86 Å². The van der Waals surface area contributed by atoms with Crippen LogP contribution in [-0.2, 0) is 0 Å². The van der Waals surface area contributed by atoms with Gasteiger partial charge in [0.2, 0.25) is 0 Å². The van der Waals surface area contributed by atoms with Crippen molar-refractivity contribution >= 4 is 43.6 Å². The van der Waals surface area contributed by atoms with Crippen molar-refractivity contribution in [2.24, 2.45) is 0 Å². The molecule has 0 N–H and O–H groups in total. The minimum absolute atomic E-state index is 1.16. The second-order valence-corrected chi connectivity index (χ2v) is 14.5. The van der Waals surface area contributed by atoms with Crippen LogP contribution in [0.3, 0.4) is 0 Å². The number of fused-ring (bicyclic) bond motifs is 6. The molecule has 9 aromatic carbocycles. The highest BCUT2D eigenvalue weighted by molar-refractivity contribution is 6.13. The summed E-state index contributed by atoms with van der Waals surface area (Å²) in [5, 5.41) is 4.98. The Morgan fingerprint density at radius 3 is 1.21 bits per heavy atom. The SMILES string of the molecule is c1ccc(-c2ccc(-n3c4ccccc4c4cc(-c5ccc6c(c5)c5ccccc5n6-c5cc(-c6ccccc6)ccc5-c5ccccc5)ccc43)cc2)cc1. The number of para-hydroxylation sites is 2. The molecule has 0 amide bonds. The van der Waals surface area contributed by atoms with Crippen LogP contribution in [0.15, 0.2) is 218 Å². The van der Waals surface area contributed by atoms with Crippen LogP contribution >= 0.6 is 0 Å². The number of benzene rings is 9. The van der Waals surface area contributed by atoms with Crippen LogP contribution in [0.25, 0.3) is 99.5 Å². The van der Waals surface area contributed by atoms with Gasteiger partial charge in [-0.3, -0.25) is 0 Å². The third-order valence-electron chi connectivity index (χ3n) is 11.3. The molecule has 2 heterocycles. The van der Waals surface area contributed by atoms with Gasteiger partial charge in [0, 0.05) is 32.8 Å². The van der Waals surface area contributed by atoms with E-state index >= 15 is 0 Å². The molecule has 56 heavy (non-hydrogen) atoms. The van der Waals surface area contributed by atoms with E-state index in [1.165, 1.54) is 93.8 Å². The first-order chi connectivity index (χ1) is 27.8. The lowest BCUT2D eigenvalue weighted by molar-refractivity contribution is 1.18. The Kier molecular flexibility index (Phi) is 7.53. The lowest BCUT2D eigenvalue weighted by atomic mass is 9.98. The van der Waals surface area contributed by atoms with Crippen LogP contribution in [0.5, 0.6) is 0 Å². The van der Waals surface area contributed by atoms with Gasteiger partial charge < -0.3 is 9.13 Å². The summed E-state index contributed by atoms with van der Waals surface area (Å²) in [6.45, 7) is 0. The highest BCUT2D eigenvalue weighted by atomic mass is 15.0. The van der Waals surface area contributed by atoms with Gasteiger partial charge in [0.05, 0.1) is 27.8 Å². The summed E-state index contributed by atoms with van der Waals surface area (Å²) >= 11 is 0. The van der Waals surface area contributed by atoms with Crippen LogP contribution < -0.4 is 0 Å². The highest BCUT2D eigenvalue weighted by Gasteiger charge is 2.19. The third-order valence-corrected chi connectivity index (χ3v) is 11.3. The van der Waals surface area contributed by atoms with Gasteiger partial charge >= 0.3 is 0 Å². The Hall–Kier alpha value is -7.42. The largest absolute Gasteiger partial charge is 0.309 e. The zero-order valence-electron chi connectivity index (χ0n) is 30.7. The molecule has 11 aromatic rings. The first kappa shape index (κ1) is 32.0. The lowest BCUT2D eigenvalue weighted by Gasteiger charge is -2.16. The first-order valence-corrected chi connectivity index (χ1v) is 19.3. The summed E-state index contributed by atoms with van der Waals surface area (Å²) in [4.78, 5) is 0. The average Bonchev–Trinajstić information content (AvgIpc) is 3.79. The molecule has 11 rings (SSSR count). The molecule has 2 heteroatoms. The maximum atomic E-state index is 2.46. The number of aromatic nitrogens is 2. The molecule has 0 radical (unpaired) electrons. The molecule has 0 aliphatic heterocycles. The fraction of sp³-hybridized carbons (Fsp3) is 0. The predicted molar refractivity (Wildman–Crippen MR) is 237 cm³/mol. The van der Waals surface area contributed by atoms with Gasteiger partial charge in [-0.25, -0.2) is 0 Å². The number of hydrogen-bond donors (Lipinski definition) is 0. The first-order valence-electron chi connectivity index (χ1n) is 19.3. The van der Waals surface area contributed by atoms with Crippen LogP contribution in [0.4, 0.5) is 0 Å². The molecule has 0 unspecified atom stereocenters. The quantitative estimate of drug-likeness (QED) is 0.162. The molecule has 0 bridgehead atoms. The van der Waals surface area contributed by atoms with E-state index in [1.807, 2.05) is 0 Å². The van der Waals surface area contributed by atoms with E-state index in [-0.39, 0.29) is 0 Å². The minimum Gasteiger partial charge on any atom is -0.309 e. The Bertz CT molecular complexity index is 3210. The zero-order valence-corrected chi connectivity index (χ0v) is 30.7. The molecule has 0 fully saturated rings. The monoisotopic (exact) mass is 712 g/mol. The predicted octanol–water partition coefficient (Wildman–Crippen LogP) is 14.5. The lowest BCUT2D eigenvalue weighted by Crippen LogP contribution is -1.98. The van der Waals surface area contributed by atoms with Crippen LogP contribution in [0.1, 0.15) is 0 Å². The molecular formula is C54H36N2. The molecule has 0 aliphatic carbocycles. The number of hydrogen-bond acceptors (Lipinski definition) is 0. The van der Waals surface area contributed by atoms with E-state index in [0.717, 1.165) is 5.69 Å². The van der Waals surface area contributed by atoms with Gasteiger partial charge in [0.25, 0.3) is 0 Å². The molecule has 0 spiro atoms. The van der Waals surface area contributed by atoms with E-state index in [4.69, 9.17) is 0 Å². The summed E-state index contributed by atoms with van der Waals surface area (Å²) in [5.74, 6) is 0. The highest BCUT2D eigenvalue weighted by Crippen LogP contribution is 2.41. The van der Waals surface area contributed by atoms with Gasteiger partial charge in [-0.2, -0.15) is 0 Å².